The van der Waals surface area contributed by atoms with Gasteiger partial charge in [0.15, 0.2) is 6.29 Å². The molecule has 3 heteroatoms. The second kappa shape index (κ2) is 5.63. The van der Waals surface area contributed by atoms with Gasteiger partial charge in [0, 0.05) is 5.92 Å². The summed E-state index contributed by atoms with van der Waals surface area (Å²) in [6.45, 7) is 4.65. The second-order valence-corrected chi connectivity index (χ2v) is 4.59. The summed E-state index contributed by atoms with van der Waals surface area (Å²) in [4.78, 5) is 0. The third kappa shape index (κ3) is 2.86. The van der Waals surface area contributed by atoms with Crippen LogP contribution in [0.15, 0.2) is 30.3 Å². The van der Waals surface area contributed by atoms with Crippen molar-refractivity contribution in [3.05, 3.63) is 35.9 Å². The fraction of sp³-hybridized carbons (Fsp3) is 0.571. The van der Waals surface area contributed by atoms with Crippen LogP contribution in [0.5, 0.6) is 0 Å². The van der Waals surface area contributed by atoms with Crippen molar-refractivity contribution in [3.8, 4) is 0 Å². The summed E-state index contributed by atoms with van der Waals surface area (Å²) in [7, 11) is 0. The molecule has 0 saturated carbocycles. The van der Waals surface area contributed by atoms with Crippen LogP contribution in [-0.4, -0.2) is 23.6 Å². The van der Waals surface area contributed by atoms with Gasteiger partial charge in [-0.1, -0.05) is 44.2 Å². The smallest absolute Gasteiger partial charge is 0.181 e. The average Bonchev–Trinajstić information content (AvgIpc) is 2.63. The van der Waals surface area contributed by atoms with Crippen LogP contribution in [0.4, 0.5) is 0 Å². The number of hydrogen-bond acceptors (Lipinski definition) is 3. The number of aliphatic hydroxyl groups is 1. The molecule has 1 fully saturated rings. The molecule has 1 saturated heterocycles. The predicted molar refractivity (Wildman–Crippen MR) is 65.4 cm³/mol. The van der Waals surface area contributed by atoms with Gasteiger partial charge in [0.05, 0.1) is 12.7 Å². The lowest BCUT2D eigenvalue weighted by molar-refractivity contribution is -0.145. The van der Waals surface area contributed by atoms with E-state index in [1.807, 2.05) is 30.3 Å². The third-order valence-corrected chi connectivity index (χ3v) is 3.39. The minimum absolute atomic E-state index is 0.103. The summed E-state index contributed by atoms with van der Waals surface area (Å²) < 4.78 is 11.2. The van der Waals surface area contributed by atoms with E-state index >= 15 is 0 Å². The Labute approximate surface area is 102 Å². The lowest BCUT2D eigenvalue weighted by Gasteiger charge is -2.18. The highest BCUT2D eigenvalue weighted by Crippen LogP contribution is 2.30. The lowest BCUT2D eigenvalue weighted by atomic mass is 9.99. The van der Waals surface area contributed by atoms with Crippen molar-refractivity contribution in [1.82, 2.24) is 0 Å². The molecule has 0 radical (unpaired) electrons. The zero-order valence-electron chi connectivity index (χ0n) is 10.4. The molecule has 1 aliphatic heterocycles. The van der Waals surface area contributed by atoms with E-state index in [1.54, 1.807) is 0 Å². The topological polar surface area (TPSA) is 38.7 Å². The van der Waals surface area contributed by atoms with Crippen LogP contribution in [0.25, 0.3) is 0 Å². The molecule has 0 bridgehead atoms. The summed E-state index contributed by atoms with van der Waals surface area (Å²) in [5.74, 6) is 0.235. The number of aliphatic hydroxyl groups excluding tert-OH is 1. The molecule has 0 amide bonds. The minimum atomic E-state index is -0.793. The van der Waals surface area contributed by atoms with E-state index in [1.165, 1.54) is 0 Å². The Morgan fingerprint density at radius 2 is 2.00 bits per heavy atom. The van der Waals surface area contributed by atoms with Crippen molar-refractivity contribution in [1.29, 1.82) is 0 Å². The Balaban J connectivity index is 1.91. The van der Waals surface area contributed by atoms with E-state index in [9.17, 15) is 5.11 Å². The molecule has 1 heterocycles. The number of ether oxygens (including phenoxy) is 2. The van der Waals surface area contributed by atoms with Crippen LogP contribution in [0.1, 0.15) is 25.8 Å². The van der Waals surface area contributed by atoms with Gasteiger partial charge < -0.3 is 14.6 Å². The first kappa shape index (κ1) is 12.6. The maximum Gasteiger partial charge on any atom is 0.181 e. The molecule has 1 aliphatic rings. The van der Waals surface area contributed by atoms with Crippen LogP contribution in [-0.2, 0) is 16.1 Å². The van der Waals surface area contributed by atoms with Crippen molar-refractivity contribution < 1.29 is 14.6 Å². The van der Waals surface area contributed by atoms with Gasteiger partial charge in [0.1, 0.15) is 6.10 Å². The van der Waals surface area contributed by atoms with Crippen LogP contribution < -0.4 is 0 Å². The molecule has 0 aliphatic carbocycles. The van der Waals surface area contributed by atoms with Crippen molar-refractivity contribution in [2.45, 2.75) is 45.4 Å². The second-order valence-electron chi connectivity index (χ2n) is 4.59. The average molecular weight is 236 g/mol. The molecule has 2 rings (SSSR count). The molecule has 0 aromatic heterocycles. The van der Waals surface area contributed by atoms with Crippen molar-refractivity contribution in [3.63, 3.8) is 0 Å². The third-order valence-electron chi connectivity index (χ3n) is 3.39. The molecule has 94 valence electrons. The fourth-order valence-corrected chi connectivity index (χ4v) is 2.32. The maximum atomic E-state index is 9.79. The van der Waals surface area contributed by atoms with Gasteiger partial charge in [-0.15, -0.1) is 0 Å². The number of rotatable bonds is 4. The van der Waals surface area contributed by atoms with Gasteiger partial charge >= 0.3 is 0 Å². The Kier molecular flexibility index (Phi) is 4.15. The van der Waals surface area contributed by atoms with Gasteiger partial charge in [-0.3, -0.25) is 0 Å². The normalized spacial score (nSPS) is 32.9. The van der Waals surface area contributed by atoms with Gasteiger partial charge in [-0.2, -0.15) is 0 Å². The predicted octanol–water partition coefficient (Wildman–Crippen LogP) is 2.34. The molecular weight excluding hydrogens is 216 g/mol. The van der Waals surface area contributed by atoms with E-state index in [0.717, 1.165) is 12.0 Å². The summed E-state index contributed by atoms with van der Waals surface area (Å²) in [6, 6.07) is 9.98. The van der Waals surface area contributed by atoms with E-state index in [2.05, 4.69) is 13.8 Å². The zero-order chi connectivity index (χ0) is 12.3. The molecular formula is C14H20O3. The summed E-state index contributed by atoms with van der Waals surface area (Å²) in [5, 5.41) is 9.79. The standard InChI is InChI=1S/C14H20O3/c1-3-12-10(2)13(14(15)17-12)16-9-11-7-5-4-6-8-11/h4-8,10,12-15H,3,9H2,1-2H3/t10-,12-,13+,14?/m1/s1. The first-order valence-corrected chi connectivity index (χ1v) is 6.21. The van der Waals surface area contributed by atoms with E-state index in [4.69, 9.17) is 9.47 Å². The molecule has 1 aromatic rings. The molecule has 4 atom stereocenters. The molecule has 3 nitrogen and oxygen atoms in total. The molecule has 1 aromatic carbocycles. The molecule has 1 N–H and O–H groups in total. The number of benzene rings is 1. The highest BCUT2D eigenvalue weighted by Gasteiger charge is 2.40. The number of hydrogen-bond donors (Lipinski definition) is 1. The van der Waals surface area contributed by atoms with Gasteiger partial charge in [0.25, 0.3) is 0 Å². The first-order chi connectivity index (χ1) is 8.22. The van der Waals surface area contributed by atoms with Crippen molar-refractivity contribution in [2.24, 2.45) is 5.92 Å². The first-order valence-electron chi connectivity index (χ1n) is 6.21. The van der Waals surface area contributed by atoms with Crippen molar-refractivity contribution >= 4 is 0 Å². The largest absolute Gasteiger partial charge is 0.368 e. The lowest BCUT2D eigenvalue weighted by Crippen LogP contribution is -2.28. The summed E-state index contributed by atoms with van der Waals surface area (Å²) in [5.41, 5.74) is 1.12. The zero-order valence-corrected chi connectivity index (χ0v) is 10.4. The molecule has 0 spiro atoms. The Bertz CT molecular complexity index is 339. The Morgan fingerprint density at radius 3 is 2.59 bits per heavy atom. The summed E-state index contributed by atoms with van der Waals surface area (Å²) >= 11 is 0. The van der Waals surface area contributed by atoms with Gasteiger partial charge in [-0.05, 0) is 12.0 Å². The highest BCUT2D eigenvalue weighted by atomic mass is 16.6. The van der Waals surface area contributed by atoms with Gasteiger partial charge in [0.2, 0.25) is 0 Å². The van der Waals surface area contributed by atoms with Crippen LogP contribution >= 0.6 is 0 Å². The van der Waals surface area contributed by atoms with Crippen LogP contribution in [0.3, 0.4) is 0 Å². The van der Waals surface area contributed by atoms with Gasteiger partial charge in [-0.25, -0.2) is 0 Å². The SMILES string of the molecule is CC[C@H]1OC(O)[C@@H](OCc2ccccc2)[C@@H]1C. The maximum absolute atomic E-state index is 9.79. The Morgan fingerprint density at radius 1 is 1.29 bits per heavy atom. The van der Waals surface area contributed by atoms with Crippen LogP contribution in [0.2, 0.25) is 0 Å². The monoisotopic (exact) mass is 236 g/mol. The molecule has 17 heavy (non-hydrogen) atoms. The molecule has 1 unspecified atom stereocenters. The van der Waals surface area contributed by atoms with E-state index < -0.39 is 6.29 Å². The van der Waals surface area contributed by atoms with E-state index in [-0.39, 0.29) is 18.1 Å². The highest BCUT2D eigenvalue weighted by molar-refractivity contribution is 5.13. The summed E-state index contributed by atoms with van der Waals surface area (Å²) in [6.07, 6.45) is -0.00624. The van der Waals surface area contributed by atoms with Crippen molar-refractivity contribution in [2.75, 3.05) is 0 Å². The minimum Gasteiger partial charge on any atom is -0.368 e. The quantitative estimate of drug-likeness (QED) is 0.872. The van der Waals surface area contributed by atoms with Crippen LogP contribution in [0, 0.1) is 5.92 Å². The fourth-order valence-electron chi connectivity index (χ4n) is 2.32. The van der Waals surface area contributed by atoms with E-state index in [0.29, 0.717) is 6.61 Å². The Hall–Kier alpha value is -0.900.